The van der Waals surface area contributed by atoms with Gasteiger partial charge in [-0.3, -0.25) is 9.78 Å². The molecule has 1 fully saturated rings. The highest BCUT2D eigenvalue weighted by Crippen LogP contribution is 2.18. The number of pyridine rings is 1. The maximum atomic E-state index is 12.4. The predicted octanol–water partition coefficient (Wildman–Crippen LogP) is 1.86. The Labute approximate surface area is 134 Å². The minimum absolute atomic E-state index is 0.189. The van der Waals surface area contributed by atoms with E-state index in [1.165, 1.54) is 0 Å². The Morgan fingerprint density at radius 1 is 1.30 bits per heavy atom. The normalized spacial score (nSPS) is 18.7. The number of ether oxygens (including phenoxy) is 1. The topological polar surface area (TPSA) is 85.4 Å². The number of fused-ring (bicyclic) bond motifs is 1. The molecule has 6 nitrogen and oxygen atoms in total. The van der Waals surface area contributed by atoms with Gasteiger partial charge in [-0.15, -0.1) is 0 Å². The second kappa shape index (κ2) is 6.64. The molecule has 7 heteroatoms. The zero-order valence-corrected chi connectivity index (χ0v) is 13.4. The Hall–Kier alpha value is -1.99. The first-order chi connectivity index (χ1) is 11.1. The van der Waals surface area contributed by atoms with Crippen molar-refractivity contribution in [3.63, 3.8) is 0 Å². The summed E-state index contributed by atoms with van der Waals surface area (Å²) in [7, 11) is -3.74. The monoisotopic (exact) mass is 334 g/mol. The van der Waals surface area contributed by atoms with Crippen molar-refractivity contribution in [2.45, 2.75) is 25.4 Å². The lowest BCUT2D eigenvalue weighted by Crippen LogP contribution is -2.38. The number of nitrogens with one attached hydrogen (secondary N) is 1. The molecule has 1 N–H and O–H groups in total. The summed E-state index contributed by atoms with van der Waals surface area (Å²) in [4.78, 5) is 16.4. The maximum Gasteiger partial charge on any atom is 0.265 e. The average Bonchev–Trinajstić information content (AvgIpc) is 2.54. The molecular formula is C16H18N2O4S. The van der Waals surface area contributed by atoms with Crippen LogP contribution in [0.4, 0.5) is 0 Å². The van der Waals surface area contributed by atoms with E-state index in [9.17, 15) is 13.2 Å². The summed E-state index contributed by atoms with van der Waals surface area (Å²) in [6.07, 6.45) is 5.47. The molecule has 0 aliphatic carbocycles. The van der Waals surface area contributed by atoms with Gasteiger partial charge in [0.2, 0.25) is 10.0 Å². The molecule has 1 saturated heterocycles. The second-order valence-electron chi connectivity index (χ2n) is 5.60. The number of carbonyl (C=O) groups is 1. The van der Waals surface area contributed by atoms with Gasteiger partial charge in [0.15, 0.2) is 0 Å². The zero-order chi connectivity index (χ0) is 16.3. The van der Waals surface area contributed by atoms with Crippen LogP contribution in [0.3, 0.4) is 0 Å². The van der Waals surface area contributed by atoms with E-state index in [1.54, 1.807) is 30.6 Å². The summed E-state index contributed by atoms with van der Waals surface area (Å²) < 4.78 is 32.0. The molecule has 0 bridgehead atoms. The first-order valence-corrected chi connectivity index (χ1v) is 9.19. The van der Waals surface area contributed by atoms with E-state index >= 15 is 0 Å². The van der Waals surface area contributed by atoms with Gasteiger partial charge in [0.1, 0.15) is 0 Å². The van der Waals surface area contributed by atoms with Gasteiger partial charge in [0.25, 0.3) is 5.91 Å². The number of benzene rings is 1. The third-order valence-electron chi connectivity index (χ3n) is 3.85. The standard InChI is InChI=1S/C16H18N2O4S/c19-16(15-6-3-4-12-10-17-8-7-14(12)15)18-23(20,21)11-13-5-1-2-9-22-13/h3-4,6-8,10,13H,1-2,5,9,11H2,(H,18,19). The van der Waals surface area contributed by atoms with Gasteiger partial charge < -0.3 is 4.74 Å². The van der Waals surface area contributed by atoms with Gasteiger partial charge in [-0.1, -0.05) is 12.1 Å². The number of amides is 1. The SMILES string of the molecule is O=C(NS(=O)(=O)CC1CCCCO1)c1cccc2cnccc12. The van der Waals surface area contributed by atoms with Crippen LogP contribution in [0.2, 0.25) is 0 Å². The van der Waals surface area contributed by atoms with E-state index in [0.717, 1.165) is 18.2 Å². The Balaban J connectivity index is 1.77. The number of aromatic nitrogens is 1. The fraction of sp³-hybridized carbons (Fsp3) is 0.375. The summed E-state index contributed by atoms with van der Waals surface area (Å²) in [5, 5.41) is 1.46. The fourth-order valence-electron chi connectivity index (χ4n) is 2.74. The van der Waals surface area contributed by atoms with Gasteiger partial charge in [0.05, 0.1) is 11.9 Å². The first kappa shape index (κ1) is 15.9. The largest absolute Gasteiger partial charge is 0.377 e. The summed E-state index contributed by atoms with van der Waals surface area (Å²) in [5.74, 6) is -0.817. The van der Waals surface area contributed by atoms with E-state index < -0.39 is 15.9 Å². The van der Waals surface area contributed by atoms with E-state index in [4.69, 9.17) is 4.74 Å². The van der Waals surface area contributed by atoms with Gasteiger partial charge in [0, 0.05) is 30.0 Å². The molecule has 1 aromatic heterocycles. The van der Waals surface area contributed by atoms with Crippen molar-refractivity contribution < 1.29 is 17.9 Å². The summed E-state index contributed by atoms with van der Waals surface area (Å²) in [6.45, 7) is 0.574. The summed E-state index contributed by atoms with van der Waals surface area (Å²) in [5.41, 5.74) is 0.318. The van der Waals surface area contributed by atoms with E-state index in [2.05, 4.69) is 9.71 Å². The molecule has 2 heterocycles. The highest BCUT2D eigenvalue weighted by molar-refractivity contribution is 7.90. The van der Waals surface area contributed by atoms with Crippen LogP contribution < -0.4 is 4.72 Å². The molecule has 3 rings (SSSR count). The number of hydrogen-bond donors (Lipinski definition) is 1. The highest BCUT2D eigenvalue weighted by Gasteiger charge is 2.24. The van der Waals surface area contributed by atoms with Gasteiger partial charge in [-0.25, -0.2) is 13.1 Å². The van der Waals surface area contributed by atoms with Gasteiger partial charge in [-0.2, -0.15) is 0 Å². The lowest BCUT2D eigenvalue weighted by molar-refractivity contribution is 0.0304. The van der Waals surface area contributed by atoms with Crippen molar-refractivity contribution in [3.8, 4) is 0 Å². The van der Waals surface area contributed by atoms with Gasteiger partial charge >= 0.3 is 0 Å². The lowest BCUT2D eigenvalue weighted by Gasteiger charge is -2.22. The van der Waals surface area contributed by atoms with Crippen molar-refractivity contribution in [1.82, 2.24) is 9.71 Å². The molecule has 1 atom stereocenters. The number of nitrogens with zero attached hydrogens (tertiary/aromatic N) is 1. The minimum Gasteiger partial charge on any atom is -0.377 e. The Bertz CT molecular complexity index is 808. The van der Waals surface area contributed by atoms with E-state index in [1.807, 2.05) is 6.07 Å². The molecular weight excluding hydrogens is 316 g/mol. The molecule has 1 aliphatic heterocycles. The van der Waals surface area contributed by atoms with Gasteiger partial charge in [-0.05, 0) is 36.8 Å². The zero-order valence-electron chi connectivity index (χ0n) is 12.6. The number of rotatable bonds is 4. The molecule has 1 unspecified atom stereocenters. The van der Waals surface area contributed by atoms with Crippen LogP contribution in [0.25, 0.3) is 10.8 Å². The molecule has 2 aromatic rings. The summed E-state index contributed by atoms with van der Waals surface area (Å²) >= 11 is 0. The van der Waals surface area contributed by atoms with Crippen LogP contribution in [-0.2, 0) is 14.8 Å². The Kier molecular flexibility index (Phi) is 4.58. The highest BCUT2D eigenvalue weighted by atomic mass is 32.2. The molecule has 23 heavy (non-hydrogen) atoms. The average molecular weight is 334 g/mol. The molecule has 1 aliphatic rings. The van der Waals surface area contributed by atoms with Crippen LogP contribution in [0, 0.1) is 0 Å². The van der Waals surface area contributed by atoms with Crippen molar-refractivity contribution in [1.29, 1.82) is 0 Å². The molecule has 1 aromatic carbocycles. The first-order valence-electron chi connectivity index (χ1n) is 7.54. The molecule has 0 saturated carbocycles. The summed E-state index contributed by atoms with van der Waals surface area (Å²) in [6, 6.07) is 6.82. The van der Waals surface area contributed by atoms with Crippen LogP contribution in [0.5, 0.6) is 0 Å². The molecule has 0 radical (unpaired) electrons. The Morgan fingerprint density at radius 3 is 2.96 bits per heavy atom. The van der Waals surface area contributed by atoms with Crippen molar-refractivity contribution in [3.05, 3.63) is 42.2 Å². The smallest absolute Gasteiger partial charge is 0.265 e. The second-order valence-corrected chi connectivity index (χ2v) is 7.37. The van der Waals surface area contributed by atoms with Crippen LogP contribution in [-0.4, -0.2) is 37.8 Å². The fourth-order valence-corrected chi connectivity index (χ4v) is 3.97. The maximum absolute atomic E-state index is 12.4. The number of carbonyl (C=O) groups excluding carboxylic acids is 1. The quantitative estimate of drug-likeness (QED) is 0.922. The van der Waals surface area contributed by atoms with Crippen molar-refractivity contribution >= 4 is 26.7 Å². The van der Waals surface area contributed by atoms with Crippen molar-refractivity contribution in [2.24, 2.45) is 0 Å². The van der Waals surface area contributed by atoms with E-state index in [0.29, 0.717) is 24.0 Å². The van der Waals surface area contributed by atoms with Crippen LogP contribution in [0.15, 0.2) is 36.7 Å². The third-order valence-corrected chi connectivity index (χ3v) is 5.16. The Morgan fingerprint density at radius 2 is 2.17 bits per heavy atom. The molecule has 0 spiro atoms. The predicted molar refractivity (Wildman–Crippen MR) is 86.6 cm³/mol. The third kappa shape index (κ3) is 3.86. The minimum atomic E-state index is -3.74. The van der Waals surface area contributed by atoms with Crippen molar-refractivity contribution in [2.75, 3.05) is 12.4 Å². The van der Waals surface area contributed by atoms with Crippen LogP contribution in [0.1, 0.15) is 29.6 Å². The number of sulfonamides is 1. The molecule has 122 valence electrons. The van der Waals surface area contributed by atoms with E-state index in [-0.39, 0.29) is 11.9 Å². The van der Waals surface area contributed by atoms with Crippen LogP contribution >= 0.6 is 0 Å². The number of hydrogen-bond acceptors (Lipinski definition) is 5. The lowest BCUT2D eigenvalue weighted by atomic mass is 10.1. The molecule has 1 amide bonds.